The largest absolute Gasteiger partial charge is 0.494 e. The smallest absolute Gasteiger partial charge is 0.247 e. The van der Waals surface area contributed by atoms with Crippen LogP contribution in [0.25, 0.3) is 22.2 Å². The van der Waals surface area contributed by atoms with Crippen LogP contribution in [0.5, 0.6) is 5.75 Å². The lowest BCUT2D eigenvalue weighted by Gasteiger charge is -2.26. The van der Waals surface area contributed by atoms with E-state index in [1.807, 2.05) is 45.4 Å². The zero-order chi connectivity index (χ0) is 28.1. The van der Waals surface area contributed by atoms with Crippen LogP contribution in [0.3, 0.4) is 0 Å². The van der Waals surface area contributed by atoms with Gasteiger partial charge in [-0.1, -0.05) is 24.8 Å². The number of anilines is 4. The highest BCUT2D eigenvalue weighted by Crippen LogP contribution is 2.39. The number of amides is 1. The van der Waals surface area contributed by atoms with E-state index >= 15 is 0 Å². The van der Waals surface area contributed by atoms with Crippen LogP contribution >= 0.6 is 0 Å². The van der Waals surface area contributed by atoms with Gasteiger partial charge in [-0.2, -0.15) is 0 Å². The van der Waals surface area contributed by atoms with Crippen molar-refractivity contribution in [1.29, 1.82) is 0 Å². The number of aromatic nitrogens is 3. The minimum absolute atomic E-state index is 0.292. The van der Waals surface area contributed by atoms with E-state index in [0.29, 0.717) is 29.0 Å². The average Bonchev–Trinajstić information content (AvgIpc) is 3.32. The molecule has 2 N–H and O–H groups in total. The number of hydrogen-bond donors (Lipinski definition) is 2. The zero-order valence-corrected chi connectivity index (χ0v) is 23.5. The highest BCUT2D eigenvalue weighted by molar-refractivity contribution is 6.02. The normalized spacial score (nSPS) is 11.2. The van der Waals surface area contributed by atoms with Gasteiger partial charge in [0.2, 0.25) is 5.91 Å². The molecule has 0 aliphatic rings. The molecule has 0 fully saturated rings. The fraction of sp³-hybridized carbons (Fsp3) is 0.300. The van der Waals surface area contributed by atoms with E-state index in [1.165, 1.54) is 6.08 Å². The summed E-state index contributed by atoms with van der Waals surface area (Å²) in [6.45, 7) is 9.54. The van der Waals surface area contributed by atoms with Crippen molar-refractivity contribution >= 4 is 39.7 Å². The molecule has 9 nitrogen and oxygen atoms in total. The summed E-state index contributed by atoms with van der Waals surface area (Å²) in [6.07, 6.45) is 4.95. The van der Waals surface area contributed by atoms with Gasteiger partial charge < -0.3 is 29.7 Å². The molecule has 0 unspecified atom stereocenters. The minimum atomic E-state index is -0.292. The molecule has 0 saturated heterocycles. The molecule has 0 spiro atoms. The molecular weight excluding hydrogens is 490 g/mol. The molecule has 2 aromatic carbocycles. The summed E-state index contributed by atoms with van der Waals surface area (Å²) >= 11 is 0. The Bertz CT molecular complexity index is 1480. The first kappa shape index (κ1) is 27.7. The Labute approximate surface area is 230 Å². The van der Waals surface area contributed by atoms with Crippen molar-refractivity contribution in [3.8, 4) is 17.0 Å². The molecular formula is C30H37N7O2. The molecule has 39 heavy (non-hydrogen) atoms. The van der Waals surface area contributed by atoms with Crippen molar-refractivity contribution in [3.05, 3.63) is 67.6 Å². The molecule has 2 heterocycles. The predicted octanol–water partition coefficient (Wildman–Crippen LogP) is 5.55. The first-order valence-electron chi connectivity index (χ1n) is 12.9. The maximum absolute atomic E-state index is 12.3. The summed E-state index contributed by atoms with van der Waals surface area (Å²) in [4.78, 5) is 25.5. The predicted molar refractivity (Wildman–Crippen MR) is 160 cm³/mol. The number of likely N-dealkylation sites (N-methyl/N-ethyl adjacent to an activating group) is 2. The number of para-hydroxylation sites is 1. The second-order valence-corrected chi connectivity index (χ2v) is 9.96. The highest BCUT2D eigenvalue weighted by atomic mass is 16.5. The number of hydrogen-bond acceptors (Lipinski definition) is 7. The summed E-state index contributed by atoms with van der Waals surface area (Å²) in [5, 5.41) is 7.44. The van der Waals surface area contributed by atoms with Crippen molar-refractivity contribution in [2.24, 2.45) is 0 Å². The number of carbonyl (C=O) groups is 1. The van der Waals surface area contributed by atoms with E-state index in [-0.39, 0.29) is 5.91 Å². The van der Waals surface area contributed by atoms with E-state index < -0.39 is 0 Å². The molecule has 0 aliphatic carbocycles. The second-order valence-electron chi connectivity index (χ2n) is 9.96. The Morgan fingerprint density at radius 1 is 1.10 bits per heavy atom. The topological polar surface area (TPSA) is 87.5 Å². The minimum Gasteiger partial charge on any atom is -0.494 e. The Morgan fingerprint density at radius 2 is 1.87 bits per heavy atom. The Kier molecular flexibility index (Phi) is 8.51. The molecule has 4 aromatic rings. The third-order valence-electron chi connectivity index (χ3n) is 6.56. The maximum Gasteiger partial charge on any atom is 0.247 e. The third-order valence-corrected chi connectivity index (χ3v) is 6.56. The van der Waals surface area contributed by atoms with Crippen LogP contribution in [0.15, 0.2) is 67.6 Å². The summed E-state index contributed by atoms with van der Waals surface area (Å²) in [5.74, 6) is 0.934. The van der Waals surface area contributed by atoms with E-state index in [0.717, 1.165) is 40.9 Å². The standard InChI is InChI=1S/C30H37N7O2/c1-8-30(38)34-24-15-25(28(39-7)17-27(24)36(6)14-13-35(4)5)33-29-16-23(31-19-32-29)22-18-37(20(2)3)26-12-10-9-11-21(22)26/h8-12,15-20H,1,13-14H2,2-7H3,(H,34,38)(H,31,32,33). The van der Waals surface area contributed by atoms with Crippen LogP contribution in [-0.4, -0.2) is 66.7 Å². The third kappa shape index (κ3) is 6.21. The number of methoxy groups -OCH3 is 1. The highest BCUT2D eigenvalue weighted by Gasteiger charge is 2.17. The monoisotopic (exact) mass is 527 g/mol. The molecule has 4 rings (SSSR count). The van der Waals surface area contributed by atoms with E-state index in [1.54, 1.807) is 13.4 Å². The van der Waals surface area contributed by atoms with E-state index in [2.05, 4.69) is 79.8 Å². The molecule has 0 atom stereocenters. The van der Waals surface area contributed by atoms with Crippen molar-refractivity contribution in [2.45, 2.75) is 19.9 Å². The number of fused-ring (bicyclic) bond motifs is 1. The number of rotatable bonds is 11. The van der Waals surface area contributed by atoms with Crippen LogP contribution < -0.4 is 20.3 Å². The Hall–Kier alpha value is -4.37. The summed E-state index contributed by atoms with van der Waals surface area (Å²) in [6, 6.07) is 14.3. The second kappa shape index (κ2) is 12.0. The average molecular weight is 528 g/mol. The maximum atomic E-state index is 12.3. The van der Waals surface area contributed by atoms with Gasteiger partial charge in [0.1, 0.15) is 17.9 Å². The van der Waals surface area contributed by atoms with Crippen LogP contribution in [0.1, 0.15) is 19.9 Å². The summed E-state index contributed by atoms with van der Waals surface area (Å²) in [7, 11) is 7.66. The van der Waals surface area contributed by atoms with Crippen molar-refractivity contribution in [1.82, 2.24) is 19.4 Å². The number of ether oxygens (including phenoxy) is 1. The fourth-order valence-electron chi connectivity index (χ4n) is 4.45. The van der Waals surface area contributed by atoms with Gasteiger partial charge in [0.05, 0.1) is 29.9 Å². The van der Waals surface area contributed by atoms with Gasteiger partial charge in [-0.05, 0) is 46.2 Å². The SMILES string of the molecule is C=CC(=O)Nc1cc(Nc2cc(-c3cn(C(C)C)c4ccccc34)ncn2)c(OC)cc1N(C)CCN(C)C. The van der Waals surface area contributed by atoms with Gasteiger partial charge in [0.15, 0.2) is 0 Å². The van der Waals surface area contributed by atoms with Gasteiger partial charge in [0.25, 0.3) is 0 Å². The lowest BCUT2D eigenvalue weighted by atomic mass is 10.1. The zero-order valence-electron chi connectivity index (χ0n) is 23.5. The summed E-state index contributed by atoms with van der Waals surface area (Å²) in [5.41, 5.74) is 5.14. The van der Waals surface area contributed by atoms with Crippen molar-refractivity contribution in [2.75, 3.05) is 56.9 Å². The molecule has 0 bridgehead atoms. The van der Waals surface area contributed by atoms with Crippen LogP contribution in [0, 0.1) is 0 Å². The van der Waals surface area contributed by atoms with Crippen molar-refractivity contribution < 1.29 is 9.53 Å². The van der Waals surface area contributed by atoms with E-state index in [4.69, 9.17) is 4.74 Å². The van der Waals surface area contributed by atoms with Gasteiger partial charge in [-0.15, -0.1) is 0 Å². The van der Waals surface area contributed by atoms with E-state index in [9.17, 15) is 4.79 Å². The van der Waals surface area contributed by atoms with Crippen molar-refractivity contribution in [3.63, 3.8) is 0 Å². The van der Waals surface area contributed by atoms with Crippen LogP contribution in [0.4, 0.5) is 22.9 Å². The number of nitrogens with zero attached hydrogens (tertiary/aromatic N) is 5. The van der Waals surface area contributed by atoms with Gasteiger partial charge >= 0.3 is 0 Å². The lowest BCUT2D eigenvalue weighted by molar-refractivity contribution is -0.111. The van der Waals surface area contributed by atoms with Crippen LogP contribution in [0.2, 0.25) is 0 Å². The molecule has 0 radical (unpaired) electrons. The Balaban J connectivity index is 1.72. The number of carbonyl (C=O) groups excluding carboxylic acids is 1. The quantitative estimate of drug-likeness (QED) is 0.247. The summed E-state index contributed by atoms with van der Waals surface area (Å²) < 4.78 is 8.00. The molecule has 9 heteroatoms. The first-order chi connectivity index (χ1) is 18.7. The molecule has 0 aliphatic heterocycles. The number of benzene rings is 2. The van der Waals surface area contributed by atoms with Crippen LogP contribution in [-0.2, 0) is 4.79 Å². The fourth-order valence-corrected chi connectivity index (χ4v) is 4.45. The molecule has 1 amide bonds. The van der Waals surface area contributed by atoms with Gasteiger partial charge in [0, 0.05) is 61.0 Å². The van der Waals surface area contributed by atoms with Gasteiger partial charge in [-0.3, -0.25) is 4.79 Å². The molecule has 204 valence electrons. The lowest BCUT2D eigenvalue weighted by Crippen LogP contribution is -2.29. The number of nitrogens with one attached hydrogen (secondary N) is 2. The first-order valence-corrected chi connectivity index (χ1v) is 12.9. The molecule has 2 aromatic heterocycles. The van der Waals surface area contributed by atoms with Gasteiger partial charge in [-0.25, -0.2) is 9.97 Å². The molecule has 0 saturated carbocycles. The Morgan fingerprint density at radius 3 is 2.56 bits per heavy atom.